The molecule has 0 aliphatic heterocycles. The second-order valence-electron chi connectivity index (χ2n) is 3.80. The molecule has 0 radical (unpaired) electrons. The van der Waals surface area contributed by atoms with Gasteiger partial charge in [-0.05, 0) is 46.9 Å². The second-order valence-corrected chi connectivity index (χ2v) is 5.99. The number of thiazole rings is 1. The van der Waals surface area contributed by atoms with Crippen LogP contribution in [0.1, 0.15) is 0 Å². The van der Waals surface area contributed by atoms with Crippen LogP contribution in [0.25, 0.3) is 20.8 Å². The summed E-state index contributed by atoms with van der Waals surface area (Å²) in [6.45, 7) is 0. The molecule has 1 N–H and O–H groups in total. The summed E-state index contributed by atoms with van der Waals surface area (Å²) in [7, 11) is 0. The molecular weight excluding hydrogens is 364 g/mol. The first-order valence-electron chi connectivity index (χ1n) is 5.18. The predicted octanol–water partition coefficient (Wildman–Crippen LogP) is 4.41. The lowest BCUT2D eigenvalue weighted by Gasteiger charge is -1.99. The van der Waals surface area contributed by atoms with Gasteiger partial charge in [0.15, 0.2) is 0 Å². The Morgan fingerprint density at radius 3 is 2.78 bits per heavy atom. The maximum absolute atomic E-state index is 13.1. The van der Waals surface area contributed by atoms with Crippen LogP contribution in [0.4, 0.5) is 4.39 Å². The van der Waals surface area contributed by atoms with Gasteiger partial charge in [-0.25, -0.2) is 9.37 Å². The lowest BCUT2D eigenvalue weighted by atomic mass is 10.2. The van der Waals surface area contributed by atoms with Gasteiger partial charge >= 0.3 is 0 Å². The normalized spacial score (nSPS) is 11.0. The van der Waals surface area contributed by atoms with E-state index in [1.54, 1.807) is 12.1 Å². The first-order chi connectivity index (χ1) is 8.63. The number of phenolic OH excluding ortho intramolecular Hbond substituents is 1. The summed E-state index contributed by atoms with van der Waals surface area (Å²) >= 11 is 3.54. The molecule has 1 heterocycles. The van der Waals surface area contributed by atoms with E-state index in [2.05, 4.69) is 27.6 Å². The zero-order chi connectivity index (χ0) is 12.7. The van der Waals surface area contributed by atoms with Gasteiger partial charge in [-0.1, -0.05) is 6.07 Å². The highest BCUT2D eigenvalue weighted by Crippen LogP contribution is 2.33. The summed E-state index contributed by atoms with van der Waals surface area (Å²) in [6, 6.07) is 9.97. The van der Waals surface area contributed by atoms with Crippen LogP contribution in [0.5, 0.6) is 5.75 Å². The number of phenols is 1. The van der Waals surface area contributed by atoms with Crippen LogP contribution in [0.3, 0.4) is 0 Å². The monoisotopic (exact) mass is 371 g/mol. The lowest BCUT2D eigenvalue weighted by Crippen LogP contribution is -1.78. The van der Waals surface area contributed by atoms with E-state index in [1.165, 1.54) is 23.5 Å². The minimum absolute atomic E-state index is 0.235. The number of hydrogen-bond donors (Lipinski definition) is 1. The Morgan fingerprint density at radius 1 is 1.17 bits per heavy atom. The van der Waals surface area contributed by atoms with E-state index in [-0.39, 0.29) is 11.6 Å². The molecule has 0 fully saturated rings. The fraction of sp³-hybridized carbons (Fsp3) is 0. The van der Waals surface area contributed by atoms with Crippen molar-refractivity contribution >= 4 is 44.1 Å². The van der Waals surface area contributed by atoms with Gasteiger partial charge in [0.2, 0.25) is 0 Å². The molecule has 3 rings (SSSR count). The van der Waals surface area contributed by atoms with Crippen LogP contribution in [-0.2, 0) is 0 Å². The van der Waals surface area contributed by atoms with Crippen molar-refractivity contribution in [1.29, 1.82) is 0 Å². The molecule has 0 atom stereocenters. The topological polar surface area (TPSA) is 33.1 Å². The molecule has 0 unspecified atom stereocenters. The molecule has 18 heavy (non-hydrogen) atoms. The first-order valence-corrected chi connectivity index (χ1v) is 7.08. The van der Waals surface area contributed by atoms with Gasteiger partial charge in [0.1, 0.15) is 16.6 Å². The van der Waals surface area contributed by atoms with Gasteiger partial charge in [0.25, 0.3) is 0 Å². The summed E-state index contributed by atoms with van der Waals surface area (Å²) in [4.78, 5) is 4.38. The van der Waals surface area contributed by atoms with Crippen LogP contribution < -0.4 is 0 Å². The van der Waals surface area contributed by atoms with Crippen molar-refractivity contribution < 1.29 is 9.50 Å². The van der Waals surface area contributed by atoms with E-state index >= 15 is 0 Å². The van der Waals surface area contributed by atoms with Crippen LogP contribution in [-0.4, -0.2) is 10.1 Å². The molecule has 90 valence electrons. The number of fused-ring (bicyclic) bond motifs is 1. The van der Waals surface area contributed by atoms with Gasteiger partial charge in [-0.3, -0.25) is 0 Å². The number of hydrogen-bond acceptors (Lipinski definition) is 3. The Kier molecular flexibility index (Phi) is 2.95. The third-order valence-electron chi connectivity index (χ3n) is 2.54. The Balaban J connectivity index is 2.16. The molecule has 0 saturated carbocycles. The third kappa shape index (κ3) is 2.08. The van der Waals surface area contributed by atoms with E-state index in [1.807, 2.05) is 12.1 Å². The van der Waals surface area contributed by atoms with Gasteiger partial charge in [0, 0.05) is 11.6 Å². The minimum atomic E-state index is -0.287. The Bertz CT molecular complexity index is 741. The van der Waals surface area contributed by atoms with Crippen molar-refractivity contribution in [2.45, 2.75) is 0 Å². The number of aromatic hydroxyl groups is 1. The second kappa shape index (κ2) is 4.47. The fourth-order valence-electron chi connectivity index (χ4n) is 1.67. The summed E-state index contributed by atoms with van der Waals surface area (Å²) in [5.74, 6) is -0.0525. The van der Waals surface area contributed by atoms with E-state index in [9.17, 15) is 9.50 Å². The molecule has 2 aromatic carbocycles. The zero-order valence-corrected chi connectivity index (χ0v) is 12.0. The molecule has 0 amide bonds. The standard InChI is InChI=1S/C13H7FINOS/c14-8-2-4-12-10(6-8)16-13(18-12)7-1-3-9(15)11(17)5-7/h1-6,17H. The highest BCUT2D eigenvalue weighted by atomic mass is 127. The van der Waals surface area contributed by atoms with Crippen molar-refractivity contribution in [3.63, 3.8) is 0 Å². The van der Waals surface area contributed by atoms with E-state index in [4.69, 9.17) is 0 Å². The quantitative estimate of drug-likeness (QED) is 0.643. The summed E-state index contributed by atoms with van der Waals surface area (Å²) < 4.78 is 14.8. The van der Waals surface area contributed by atoms with Crippen LogP contribution in [0.15, 0.2) is 36.4 Å². The lowest BCUT2D eigenvalue weighted by molar-refractivity contribution is 0.472. The number of benzene rings is 2. The minimum Gasteiger partial charge on any atom is -0.507 e. The van der Waals surface area contributed by atoms with Gasteiger partial charge in [-0.2, -0.15) is 0 Å². The average molecular weight is 371 g/mol. The van der Waals surface area contributed by atoms with Crippen LogP contribution in [0.2, 0.25) is 0 Å². The maximum Gasteiger partial charge on any atom is 0.129 e. The molecular formula is C13H7FINOS. The molecule has 0 aliphatic carbocycles. The predicted molar refractivity (Wildman–Crippen MR) is 79.4 cm³/mol. The molecule has 2 nitrogen and oxygen atoms in total. The highest BCUT2D eigenvalue weighted by Gasteiger charge is 2.08. The van der Waals surface area contributed by atoms with Crippen molar-refractivity contribution in [1.82, 2.24) is 4.98 Å². The molecule has 3 aromatic rings. The first kappa shape index (κ1) is 11.9. The SMILES string of the molecule is Oc1cc(-c2nc3cc(F)ccc3s2)ccc1I. The molecule has 0 spiro atoms. The number of rotatable bonds is 1. The molecule has 0 bridgehead atoms. The van der Waals surface area contributed by atoms with Gasteiger partial charge in [0.05, 0.1) is 13.8 Å². The van der Waals surface area contributed by atoms with Crippen LogP contribution >= 0.6 is 33.9 Å². The maximum atomic E-state index is 13.1. The zero-order valence-electron chi connectivity index (χ0n) is 9.02. The molecule has 5 heteroatoms. The van der Waals surface area contributed by atoms with Crippen molar-refractivity contribution in [2.75, 3.05) is 0 Å². The summed E-state index contributed by atoms with van der Waals surface area (Å²) in [6.07, 6.45) is 0. The number of halogens is 2. The average Bonchev–Trinajstić information content (AvgIpc) is 2.75. The Morgan fingerprint density at radius 2 is 2.00 bits per heavy atom. The van der Waals surface area contributed by atoms with Crippen LogP contribution in [0, 0.1) is 9.39 Å². The van der Waals surface area contributed by atoms with Crippen molar-refractivity contribution in [3.05, 3.63) is 45.8 Å². The Labute approximate surface area is 120 Å². The molecule has 0 saturated heterocycles. The number of aromatic nitrogens is 1. The van der Waals surface area contributed by atoms with Gasteiger partial charge < -0.3 is 5.11 Å². The summed E-state index contributed by atoms with van der Waals surface area (Å²) in [5.41, 5.74) is 1.49. The number of nitrogens with zero attached hydrogens (tertiary/aromatic N) is 1. The molecule has 1 aromatic heterocycles. The molecule has 0 aliphatic rings. The van der Waals surface area contributed by atoms with Gasteiger partial charge in [-0.15, -0.1) is 11.3 Å². The van der Waals surface area contributed by atoms with Crippen molar-refractivity contribution in [3.8, 4) is 16.3 Å². The van der Waals surface area contributed by atoms with E-state index in [0.717, 1.165) is 18.8 Å². The summed E-state index contributed by atoms with van der Waals surface area (Å²) in [5, 5.41) is 10.5. The highest BCUT2D eigenvalue weighted by molar-refractivity contribution is 14.1. The fourth-order valence-corrected chi connectivity index (χ4v) is 2.95. The largest absolute Gasteiger partial charge is 0.507 e. The van der Waals surface area contributed by atoms with E-state index in [0.29, 0.717) is 5.52 Å². The van der Waals surface area contributed by atoms with Crippen molar-refractivity contribution in [2.24, 2.45) is 0 Å². The van der Waals surface area contributed by atoms with E-state index < -0.39 is 0 Å². The third-order valence-corrected chi connectivity index (χ3v) is 4.54. The smallest absolute Gasteiger partial charge is 0.129 e. The Hall–Kier alpha value is -1.21.